The van der Waals surface area contributed by atoms with Crippen molar-refractivity contribution in [3.8, 4) is 0 Å². The molecule has 0 saturated carbocycles. The van der Waals surface area contributed by atoms with Crippen LogP contribution in [0.25, 0.3) is 0 Å². The lowest BCUT2D eigenvalue weighted by Crippen LogP contribution is -2.60. The largest absolute Gasteiger partial charge is 0.462 e. The molecule has 1 saturated heterocycles. The fourth-order valence-corrected chi connectivity index (χ4v) is 9.10. The Morgan fingerprint density at radius 2 is 0.882 bits per heavy atom. The van der Waals surface area contributed by atoms with Crippen LogP contribution in [0.2, 0.25) is 0 Å². The molecule has 0 aromatic heterocycles. The Kier molecular flexibility index (Phi) is 42.1. The summed E-state index contributed by atoms with van der Waals surface area (Å²) in [4.78, 5) is 25.6. The van der Waals surface area contributed by atoms with Crippen molar-refractivity contribution < 1.29 is 56.8 Å². The molecule has 1 fully saturated rings. The van der Waals surface area contributed by atoms with E-state index in [4.69, 9.17) is 18.9 Å². The zero-order valence-corrected chi connectivity index (χ0v) is 43.8. The highest BCUT2D eigenvalue weighted by Crippen LogP contribution is 2.24. The van der Waals surface area contributed by atoms with Crippen LogP contribution in [0.15, 0.2) is 36.5 Å². The number of carbonyl (C=O) groups excluding carboxylic acids is 2. The Labute approximate surface area is 414 Å². The van der Waals surface area contributed by atoms with Gasteiger partial charge in [0.05, 0.1) is 6.61 Å². The molecule has 6 atom stereocenters. The van der Waals surface area contributed by atoms with Crippen LogP contribution in [0, 0.1) is 0 Å². The molecule has 0 aliphatic carbocycles. The fourth-order valence-electron chi connectivity index (χ4n) is 8.41. The summed E-state index contributed by atoms with van der Waals surface area (Å²) in [6.45, 7) is 3.78. The smallest absolute Gasteiger partial charge is 0.306 e. The molecule has 12 nitrogen and oxygen atoms in total. The first-order valence-electron chi connectivity index (χ1n) is 27.5. The summed E-state index contributed by atoms with van der Waals surface area (Å²) in [5, 5.41) is 31.0. The second kappa shape index (κ2) is 44.8. The first-order valence-corrected chi connectivity index (χ1v) is 29.2. The van der Waals surface area contributed by atoms with Crippen molar-refractivity contribution in [2.45, 2.75) is 282 Å². The number of hydrogen-bond acceptors (Lipinski definition) is 11. The van der Waals surface area contributed by atoms with Gasteiger partial charge in [0.15, 0.2) is 12.4 Å². The van der Waals surface area contributed by atoms with Crippen molar-refractivity contribution in [1.82, 2.24) is 0 Å². The third-order valence-electron chi connectivity index (χ3n) is 12.7. The average molecular weight is 985 g/mol. The standard InChI is InChI=1S/C55H100O12S/c1-3-5-7-9-11-13-15-17-19-21-23-24-26-28-30-32-34-36-38-40-42-44-51(57)66-48(46-65-55-54(60)53(59)52(58)49(67-55)47-68(61,62)63)45-64-50(56)43-41-39-37-35-33-31-29-27-25-22-20-18-16-14-12-10-8-6-4-2/h15,17-18,20-21,23,48-49,52-55,58-60H,3-14,16,19,22,24-47H2,1-2H3,(H,61,62,63)/b17-15-,20-18-,23-21-. The van der Waals surface area contributed by atoms with Gasteiger partial charge < -0.3 is 34.3 Å². The third kappa shape index (κ3) is 38.6. The Balaban J connectivity index is 2.34. The van der Waals surface area contributed by atoms with Gasteiger partial charge in [0.2, 0.25) is 0 Å². The molecule has 398 valence electrons. The summed E-state index contributed by atoms with van der Waals surface area (Å²) in [7, 11) is -4.61. The van der Waals surface area contributed by atoms with Crippen LogP contribution in [-0.2, 0) is 38.7 Å². The molecule has 0 aromatic rings. The van der Waals surface area contributed by atoms with Gasteiger partial charge in [0, 0.05) is 12.8 Å². The summed E-state index contributed by atoms with van der Waals surface area (Å²) in [5.74, 6) is -1.98. The predicted octanol–water partition coefficient (Wildman–Crippen LogP) is 12.9. The lowest BCUT2D eigenvalue weighted by molar-refractivity contribution is -0.297. The molecule has 6 unspecified atom stereocenters. The van der Waals surface area contributed by atoms with Gasteiger partial charge in [-0.05, 0) is 70.6 Å². The normalized spacial score (nSPS) is 19.4. The van der Waals surface area contributed by atoms with Crippen molar-refractivity contribution in [2.24, 2.45) is 0 Å². The lowest BCUT2D eigenvalue weighted by atomic mass is 10.00. The van der Waals surface area contributed by atoms with Crippen LogP contribution in [0.3, 0.4) is 0 Å². The minimum atomic E-state index is -4.61. The Morgan fingerprint density at radius 1 is 0.500 bits per heavy atom. The molecule has 0 radical (unpaired) electrons. The van der Waals surface area contributed by atoms with Gasteiger partial charge in [-0.3, -0.25) is 14.1 Å². The maximum absolute atomic E-state index is 12.9. The van der Waals surface area contributed by atoms with Gasteiger partial charge in [-0.25, -0.2) is 0 Å². The van der Waals surface area contributed by atoms with Crippen molar-refractivity contribution >= 4 is 22.1 Å². The van der Waals surface area contributed by atoms with Crippen molar-refractivity contribution in [3.05, 3.63) is 36.5 Å². The highest BCUT2D eigenvalue weighted by molar-refractivity contribution is 7.85. The van der Waals surface area contributed by atoms with Gasteiger partial charge in [0.25, 0.3) is 10.1 Å². The van der Waals surface area contributed by atoms with Crippen molar-refractivity contribution in [1.29, 1.82) is 0 Å². The SMILES string of the molecule is CCCCCCC/C=C\C/C=C\CCCCCCCCCCCC(=O)OC(COC(=O)CCCCCCCCCCC/C=C\CCCCCCCC)COC1OC(CS(=O)(=O)O)C(O)C(O)C1O. The number of esters is 2. The van der Waals surface area contributed by atoms with Gasteiger partial charge >= 0.3 is 11.9 Å². The third-order valence-corrected chi connectivity index (χ3v) is 13.4. The van der Waals surface area contributed by atoms with E-state index in [-0.39, 0.29) is 19.4 Å². The number of rotatable bonds is 47. The molecule has 4 N–H and O–H groups in total. The molecule has 1 rings (SSSR count). The average Bonchev–Trinajstić information content (AvgIpc) is 3.31. The summed E-state index contributed by atoms with van der Waals surface area (Å²) in [6.07, 6.45) is 44.6. The summed E-state index contributed by atoms with van der Waals surface area (Å²) >= 11 is 0. The molecule has 0 spiro atoms. The summed E-state index contributed by atoms with van der Waals surface area (Å²) in [5.41, 5.74) is 0. The van der Waals surface area contributed by atoms with E-state index in [2.05, 4.69) is 50.3 Å². The molecule has 1 aliphatic rings. The van der Waals surface area contributed by atoms with Crippen LogP contribution in [0.1, 0.15) is 245 Å². The molecular weight excluding hydrogens is 885 g/mol. The van der Waals surface area contributed by atoms with E-state index in [1.54, 1.807) is 0 Å². The van der Waals surface area contributed by atoms with Crippen LogP contribution in [-0.4, -0.2) is 96.0 Å². The molecule has 0 aromatic carbocycles. The minimum absolute atomic E-state index is 0.160. The van der Waals surface area contributed by atoms with E-state index in [1.807, 2.05) is 0 Å². The number of hydrogen-bond donors (Lipinski definition) is 4. The Morgan fingerprint density at radius 3 is 1.31 bits per heavy atom. The zero-order valence-electron chi connectivity index (χ0n) is 43.0. The molecule has 1 aliphatic heterocycles. The summed E-state index contributed by atoms with van der Waals surface area (Å²) in [6, 6.07) is 0. The highest BCUT2D eigenvalue weighted by atomic mass is 32.2. The van der Waals surface area contributed by atoms with E-state index in [0.717, 1.165) is 57.8 Å². The molecule has 0 bridgehead atoms. The number of aliphatic hydroxyl groups is 3. The van der Waals surface area contributed by atoms with E-state index < -0.39 is 71.2 Å². The van der Waals surface area contributed by atoms with E-state index in [0.29, 0.717) is 12.8 Å². The second-order valence-electron chi connectivity index (χ2n) is 19.2. The first kappa shape index (κ1) is 63.9. The molecule has 0 amide bonds. The van der Waals surface area contributed by atoms with Crippen LogP contribution in [0.5, 0.6) is 0 Å². The summed E-state index contributed by atoms with van der Waals surface area (Å²) < 4.78 is 54.3. The Hall–Kier alpha value is -2.13. The number of carbonyl (C=O) groups is 2. The van der Waals surface area contributed by atoms with E-state index in [9.17, 15) is 37.9 Å². The van der Waals surface area contributed by atoms with Crippen LogP contribution < -0.4 is 0 Å². The first-order chi connectivity index (χ1) is 33.0. The fraction of sp³-hybridized carbons (Fsp3) is 0.855. The monoisotopic (exact) mass is 985 g/mol. The molecule has 1 heterocycles. The van der Waals surface area contributed by atoms with Gasteiger partial charge in [-0.1, -0.05) is 198 Å². The molecule has 68 heavy (non-hydrogen) atoms. The van der Waals surface area contributed by atoms with Gasteiger partial charge in [0.1, 0.15) is 36.8 Å². The van der Waals surface area contributed by atoms with E-state index in [1.165, 1.54) is 148 Å². The minimum Gasteiger partial charge on any atom is -0.462 e. The second-order valence-corrected chi connectivity index (χ2v) is 20.7. The van der Waals surface area contributed by atoms with Crippen molar-refractivity contribution in [2.75, 3.05) is 19.0 Å². The lowest BCUT2D eigenvalue weighted by Gasteiger charge is -2.40. The number of aliphatic hydroxyl groups excluding tert-OH is 3. The highest BCUT2D eigenvalue weighted by Gasteiger charge is 2.46. The Bertz CT molecular complexity index is 1380. The predicted molar refractivity (Wildman–Crippen MR) is 275 cm³/mol. The number of allylic oxidation sites excluding steroid dienone is 6. The number of ether oxygens (including phenoxy) is 4. The quantitative estimate of drug-likeness (QED) is 0.0196. The van der Waals surface area contributed by atoms with E-state index >= 15 is 0 Å². The number of unbranched alkanes of at least 4 members (excludes halogenated alkanes) is 29. The topological polar surface area (TPSA) is 186 Å². The zero-order chi connectivity index (χ0) is 49.8. The van der Waals surface area contributed by atoms with Crippen LogP contribution in [0.4, 0.5) is 0 Å². The maximum atomic E-state index is 12.9. The maximum Gasteiger partial charge on any atom is 0.306 e. The van der Waals surface area contributed by atoms with Gasteiger partial charge in [-0.15, -0.1) is 0 Å². The van der Waals surface area contributed by atoms with Crippen LogP contribution >= 0.6 is 0 Å². The van der Waals surface area contributed by atoms with Gasteiger partial charge in [-0.2, -0.15) is 8.42 Å². The molecular formula is C55H100O12S. The van der Waals surface area contributed by atoms with Crippen molar-refractivity contribution in [3.63, 3.8) is 0 Å². The molecule has 13 heteroatoms.